The van der Waals surface area contributed by atoms with Crippen LogP contribution >= 0.6 is 0 Å². The van der Waals surface area contributed by atoms with E-state index in [2.05, 4.69) is 22.5 Å². The van der Waals surface area contributed by atoms with Gasteiger partial charge in [0.05, 0.1) is 11.3 Å². The summed E-state index contributed by atoms with van der Waals surface area (Å²) in [4.78, 5) is 16.4. The molecule has 1 aliphatic rings. The molecule has 2 atom stereocenters. The van der Waals surface area contributed by atoms with Crippen LogP contribution in [-0.2, 0) is 0 Å². The maximum Gasteiger partial charge on any atom is 0.255 e. The van der Waals surface area contributed by atoms with Crippen LogP contribution in [0.2, 0.25) is 0 Å². The number of nitrogens with zero attached hydrogens (tertiary/aromatic N) is 1. The Hall–Kier alpha value is -1.58. The highest BCUT2D eigenvalue weighted by Gasteiger charge is 2.25. The quantitative estimate of drug-likeness (QED) is 0.862. The summed E-state index contributed by atoms with van der Waals surface area (Å²) in [5.41, 5.74) is 2.37. The van der Waals surface area contributed by atoms with Gasteiger partial charge in [0.25, 0.3) is 5.91 Å². The van der Waals surface area contributed by atoms with Gasteiger partial charge in [-0.1, -0.05) is 13.3 Å². The minimum absolute atomic E-state index is 0.0226. The smallest absolute Gasteiger partial charge is 0.255 e. The number of nitrogens with one attached hydrogen (secondary N) is 2. The number of rotatable bonds is 3. The Morgan fingerprint density at radius 3 is 2.83 bits per heavy atom. The summed E-state index contributed by atoms with van der Waals surface area (Å²) in [6.45, 7) is 4.12. The van der Waals surface area contributed by atoms with Gasteiger partial charge in [-0.25, -0.2) is 0 Å². The van der Waals surface area contributed by atoms with E-state index < -0.39 is 0 Å². The third-order valence-electron chi connectivity index (χ3n) is 3.73. The van der Waals surface area contributed by atoms with Gasteiger partial charge in [-0.15, -0.1) is 0 Å². The Kier molecular flexibility index (Phi) is 3.84. The van der Waals surface area contributed by atoms with Gasteiger partial charge in [0.15, 0.2) is 0 Å². The molecule has 1 aliphatic carbocycles. The third kappa shape index (κ3) is 2.63. The fraction of sp³-hybridized carbons (Fsp3) is 0.571. The van der Waals surface area contributed by atoms with E-state index in [1.54, 1.807) is 6.20 Å². The molecule has 0 aliphatic heterocycles. The Bertz CT molecular complexity index is 445. The topological polar surface area (TPSA) is 54.0 Å². The summed E-state index contributed by atoms with van der Waals surface area (Å²) in [5.74, 6) is 0.552. The number of hydrogen-bond acceptors (Lipinski definition) is 3. The van der Waals surface area contributed by atoms with Crippen molar-refractivity contribution in [1.29, 1.82) is 0 Å². The number of aromatic nitrogens is 1. The maximum atomic E-state index is 12.2. The summed E-state index contributed by atoms with van der Waals surface area (Å²) < 4.78 is 0. The Morgan fingerprint density at radius 2 is 2.22 bits per heavy atom. The van der Waals surface area contributed by atoms with Gasteiger partial charge in [0, 0.05) is 25.0 Å². The Balaban J connectivity index is 2.13. The summed E-state index contributed by atoms with van der Waals surface area (Å²) in [6, 6.07) is 2.20. The predicted molar refractivity (Wildman–Crippen MR) is 72.8 cm³/mol. The van der Waals surface area contributed by atoms with Crippen LogP contribution < -0.4 is 10.6 Å². The SMILES string of the molecule is CNc1cc(C)ncc1C(=O)NC1CCCC1C. The highest BCUT2D eigenvalue weighted by molar-refractivity contribution is 5.99. The van der Waals surface area contributed by atoms with Gasteiger partial charge >= 0.3 is 0 Å². The molecule has 4 nitrogen and oxygen atoms in total. The summed E-state index contributed by atoms with van der Waals surface area (Å²) in [6.07, 6.45) is 5.14. The molecule has 1 amide bonds. The van der Waals surface area contributed by atoms with Crippen LogP contribution in [0.15, 0.2) is 12.3 Å². The molecule has 1 aromatic rings. The van der Waals surface area contributed by atoms with E-state index in [0.29, 0.717) is 17.5 Å². The molecule has 1 heterocycles. The lowest BCUT2D eigenvalue weighted by Gasteiger charge is -2.18. The predicted octanol–water partition coefficient (Wildman–Crippen LogP) is 2.35. The van der Waals surface area contributed by atoms with Crippen molar-refractivity contribution < 1.29 is 4.79 Å². The van der Waals surface area contributed by atoms with E-state index in [4.69, 9.17) is 0 Å². The molecule has 2 rings (SSSR count). The average Bonchev–Trinajstić information content (AvgIpc) is 2.74. The van der Waals surface area contributed by atoms with Gasteiger partial charge in [-0.2, -0.15) is 0 Å². The lowest BCUT2D eigenvalue weighted by atomic mass is 10.1. The van der Waals surface area contributed by atoms with Crippen molar-refractivity contribution in [3.05, 3.63) is 23.5 Å². The first kappa shape index (κ1) is 12.9. The largest absolute Gasteiger partial charge is 0.387 e. The summed E-state index contributed by atoms with van der Waals surface area (Å²) in [7, 11) is 1.82. The molecule has 1 saturated carbocycles. The van der Waals surface area contributed by atoms with Crippen molar-refractivity contribution in [2.45, 2.75) is 39.2 Å². The van der Waals surface area contributed by atoms with E-state index in [1.807, 2.05) is 20.0 Å². The lowest BCUT2D eigenvalue weighted by Crippen LogP contribution is -2.36. The monoisotopic (exact) mass is 247 g/mol. The standard InChI is InChI=1S/C14H21N3O/c1-9-5-4-6-12(9)17-14(18)11-8-16-10(2)7-13(11)15-3/h7-9,12H,4-6H2,1-3H3,(H,15,16)(H,17,18). The van der Waals surface area contributed by atoms with Gasteiger partial charge in [-0.3, -0.25) is 9.78 Å². The maximum absolute atomic E-state index is 12.2. The molecule has 1 aromatic heterocycles. The molecule has 0 aromatic carbocycles. The van der Waals surface area contributed by atoms with Crippen molar-refractivity contribution in [2.24, 2.45) is 5.92 Å². The zero-order valence-electron chi connectivity index (χ0n) is 11.3. The minimum Gasteiger partial charge on any atom is -0.387 e. The highest BCUT2D eigenvalue weighted by atomic mass is 16.1. The number of carbonyl (C=O) groups excluding carboxylic acids is 1. The molecule has 1 fully saturated rings. The first-order valence-corrected chi connectivity index (χ1v) is 6.57. The molecule has 0 radical (unpaired) electrons. The fourth-order valence-electron chi connectivity index (χ4n) is 2.55. The Morgan fingerprint density at radius 1 is 1.44 bits per heavy atom. The van der Waals surface area contributed by atoms with E-state index in [-0.39, 0.29) is 5.91 Å². The van der Waals surface area contributed by atoms with Crippen LogP contribution in [0.4, 0.5) is 5.69 Å². The van der Waals surface area contributed by atoms with Gasteiger partial charge in [0.2, 0.25) is 0 Å². The zero-order chi connectivity index (χ0) is 13.1. The molecule has 0 bridgehead atoms. The van der Waals surface area contributed by atoms with E-state index in [1.165, 1.54) is 12.8 Å². The average molecular weight is 247 g/mol. The lowest BCUT2D eigenvalue weighted by molar-refractivity contribution is 0.0930. The summed E-state index contributed by atoms with van der Waals surface area (Å²) >= 11 is 0. The number of hydrogen-bond donors (Lipinski definition) is 2. The molecule has 2 N–H and O–H groups in total. The molecular formula is C14H21N3O. The van der Waals surface area contributed by atoms with Crippen LogP contribution in [0.5, 0.6) is 0 Å². The molecular weight excluding hydrogens is 226 g/mol. The van der Waals surface area contributed by atoms with Crippen LogP contribution in [0.1, 0.15) is 42.2 Å². The van der Waals surface area contributed by atoms with Gasteiger partial charge in [0.1, 0.15) is 0 Å². The van der Waals surface area contributed by atoms with Gasteiger partial charge < -0.3 is 10.6 Å². The number of anilines is 1. The van der Waals surface area contributed by atoms with E-state index >= 15 is 0 Å². The molecule has 18 heavy (non-hydrogen) atoms. The number of pyridine rings is 1. The van der Waals surface area contributed by atoms with Crippen molar-refractivity contribution in [3.8, 4) is 0 Å². The van der Waals surface area contributed by atoms with Crippen LogP contribution in [-0.4, -0.2) is 24.0 Å². The van der Waals surface area contributed by atoms with Crippen LogP contribution in [0.3, 0.4) is 0 Å². The van der Waals surface area contributed by atoms with E-state index in [9.17, 15) is 4.79 Å². The van der Waals surface area contributed by atoms with Crippen molar-refractivity contribution >= 4 is 11.6 Å². The van der Waals surface area contributed by atoms with Crippen LogP contribution in [0.25, 0.3) is 0 Å². The van der Waals surface area contributed by atoms with Gasteiger partial charge in [-0.05, 0) is 31.7 Å². The molecule has 0 spiro atoms. The second-order valence-corrected chi connectivity index (χ2v) is 5.11. The first-order valence-electron chi connectivity index (χ1n) is 6.57. The third-order valence-corrected chi connectivity index (χ3v) is 3.73. The summed E-state index contributed by atoms with van der Waals surface area (Å²) in [5, 5.41) is 6.17. The molecule has 4 heteroatoms. The molecule has 98 valence electrons. The second-order valence-electron chi connectivity index (χ2n) is 5.11. The van der Waals surface area contributed by atoms with Crippen molar-refractivity contribution in [3.63, 3.8) is 0 Å². The number of aryl methyl sites for hydroxylation is 1. The fourth-order valence-corrected chi connectivity index (χ4v) is 2.55. The van der Waals surface area contributed by atoms with Crippen molar-refractivity contribution in [2.75, 3.05) is 12.4 Å². The minimum atomic E-state index is -0.0226. The molecule has 0 saturated heterocycles. The Labute approximate surface area is 108 Å². The number of carbonyl (C=O) groups is 1. The molecule has 2 unspecified atom stereocenters. The van der Waals surface area contributed by atoms with Crippen LogP contribution in [0, 0.1) is 12.8 Å². The first-order chi connectivity index (χ1) is 8.61. The van der Waals surface area contributed by atoms with E-state index in [0.717, 1.165) is 17.8 Å². The second kappa shape index (κ2) is 5.38. The van der Waals surface area contributed by atoms with Crippen molar-refractivity contribution in [1.82, 2.24) is 10.3 Å². The number of amides is 1. The highest BCUT2D eigenvalue weighted by Crippen LogP contribution is 2.25. The zero-order valence-corrected chi connectivity index (χ0v) is 11.3. The normalized spacial score (nSPS) is 22.8.